The highest BCUT2D eigenvalue weighted by molar-refractivity contribution is 7.92. The summed E-state index contributed by atoms with van der Waals surface area (Å²) in [6.45, 7) is 0.742. The Morgan fingerprint density at radius 2 is 1.57 bits per heavy atom. The third-order valence-corrected chi connectivity index (χ3v) is 11.4. The van der Waals surface area contributed by atoms with Gasteiger partial charge in [-0.2, -0.15) is 13.2 Å². The van der Waals surface area contributed by atoms with Gasteiger partial charge in [0.15, 0.2) is 9.84 Å². The number of ether oxygens (including phenoxy) is 1. The van der Waals surface area contributed by atoms with E-state index >= 15 is 0 Å². The average molecular weight is 654 g/mol. The number of carbonyl (C=O) groups excluding carboxylic acids is 2. The van der Waals surface area contributed by atoms with Crippen LogP contribution in [-0.4, -0.2) is 62.3 Å². The van der Waals surface area contributed by atoms with Gasteiger partial charge in [0, 0.05) is 18.7 Å². The average Bonchev–Trinajstić information content (AvgIpc) is 3.45. The zero-order chi connectivity index (χ0) is 32.7. The van der Waals surface area contributed by atoms with E-state index in [1.165, 1.54) is 0 Å². The van der Waals surface area contributed by atoms with Gasteiger partial charge in [0.25, 0.3) is 12.1 Å². The first-order valence-electron chi connectivity index (χ1n) is 13.8. The number of sulfone groups is 1. The number of alkyl halides is 6. The summed E-state index contributed by atoms with van der Waals surface area (Å²) in [7, 11) is -4.59. The van der Waals surface area contributed by atoms with Gasteiger partial charge in [0.05, 0.1) is 16.4 Å². The Bertz CT molecular complexity index is 1480. The molecule has 2 atom stereocenters. The molecule has 7 nitrogen and oxygen atoms in total. The number of esters is 1. The highest BCUT2D eigenvalue weighted by Crippen LogP contribution is 2.49. The Morgan fingerprint density at radius 1 is 1.00 bits per heavy atom. The number of nitrogens with zero attached hydrogens (tertiary/aromatic N) is 1. The highest BCUT2D eigenvalue weighted by atomic mass is 32.2. The molecule has 15 heteroatoms. The summed E-state index contributed by atoms with van der Waals surface area (Å²) in [6, 6.07) is 5.95. The summed E-state index contributed by atoms with van der Waals surface area (Å²) in [4.78, 5) is 26.7. The lowest BCUT2D eigenvalue weighted by atomic mass is 9.71. The second-order valence-electron chi connectivity index (χ2n) is 11.2. The lowest BCUT2D eigenvalue weighted by Crippen LogP contribution is -2.45. The van der Waals surface area contributed by atoms with Crippen molar-refractivity contribution in [3.8, 4) is 0 Å². The van der Waals surface area contributed by atoms with Crippen molar-refractivity contribution < 1.29 is 58.6 Å². The fraction of sp³-hybridized carbons (Fsp3) is 0.517. The quantitative estimate of drug-likeness (QED) is 0.166. The molecular formula is C29H30F7NO6S. The van der Waals surface area contributed by atoms with Crippen LogP contribution in [0.5, 0.6) is 0 Å². The molecule has 1 N–H and O–H groups in total. The van der Waals surface area contributed by atoms with E-state index in [1.807, 2.05) is 0 Å². The fourth-order valence-electron chi connectivity index (χ4n) is 5.93. The van der Waals surface area contributed by atoms with Gasteiger partial charge in [0.1, 0.15) is 10.6 Å². The first-order valence-corrected chi connectivity index (χ1v) is 15.3. The van der Waals surface area contributed by atoms with Crippen LogP contribution in [0.4, 0.5) is 35.5 Å². The largest absolute Gasteiger partial charge is 0.432 e. The molecule has 1 aliphatic carbocycles. The zero-order valence-electron chi connectivity index (χ0n) is 23.4. The van der Waals surface area contributed by atoms with Crippen molar-refractivity contribution in [3.05, 3.63) is 65.5 Å². The number of carbonyl (C=O) groups is 2. The van der Waals surface area contributed by atoms with Crippen molar-refractivity contribution in [3.63, 3.8) is 0 Å². The molecule has 2 aromatic carbocycles. The minimum Gasteiger partial charge on any atom is -0.393 e. The maximum atomic E-state index is 14.7. The lowest BCUT2D eigenvalue weighted by Gasteiger charge is -2.36. The SMILES string of the molecule is CCC1(C(=O)OC(=O)N2CCC(c3ccc(C(F)(C(F)F)C(F)(F)F)cc3)(S(=O)(=O)c3ccc(F)cc3)C2)CCC(O)CC1. The van der Waals surface area contributed by atoms with Crippen molar-refractivity contribution in [2.45, 2.75) is 79.5 Å². The molecule has 242 valence electrons. The summed E-state index contributed by atoms with van der Waals surface area (Å²) < 4.78 is 126. The summed E-state index contributed by atoms with van der Waals surface area (Å²) in [6.07, 6.45) is -11.2. The molecule has 2 aliphatic rings. The maximum absolute atomic E-state index is 14.7. The Kier molecular flexibility index (Phi) is 9.15. The molecule has 0 aromatic heterocycles. The minimum atomic E-state index is -5.99. The van der Waals surface area contributed by atoms with Crippen LogP contribution in [-0.2, 0) is 29.8 Å². The van der Waals surface area contributed by atoms with Gasteiger partial charge in [-0.25, -0.2) is 30.8 Å². The van der Waals surface area contributed by atoms with E-state index in [4.69, 9.17) is 4.74 Å². The van der Waals surface area contributed by atoms with Crippen LogP contribution in [0.1, 0.15) is 56.6 Å². The van der Waals surface area contributed by atoms with Crippen LogP contribution in [0.2, 0.25) is 0 Å². The highest BCUT2D eigenvalue weighted by Gasteiger charge is 2.64. The molecular weight excluding hydrogens is 623 g/mol. The molecule has 44 heavy (non-hydrogen) atoms. The molecule has 1 amide bonds. The second-order valence-corrected chi connectivity index (χ2v) is 13.5. The molecule has 1 saturated carbocycles. The number of hydrogen-bond donors (Lipinski definition) is 1. The molecule has 0 bridgehead atoms. The number of benzene rings is 2. The van der Waals surface area contributed by atoms with Gasteiger partial charge in [-0.05, 0) is 68.4 Å². The normalized spacial score (nSPS) is 26.0. The second kappa shape index (κ2) is 12.0. The smallest absolute Gasteiger partial charge is 0.393 e. The fourth-order valence-corrected chi connectivity index (χ4v) is 8.00. The summed E-state index contributed by atoms with van der Waals surface area (Å²) in [5.74, 6) is -1.62. The maximum Gasteiger partial charge on any atom is 0.432 e. The lowest BCUT2D eigenvalue weighted by molar-refractivity contribution is -0.274. The summed E-state index contributed by atoms with van der Waals surface area (Å²) in [5, 5.41) is 9.83. The summed E-state index contributed by atoms with van der Waals surface area (Å²) in [5.41, 5.74) is -7.79. The van der Waals surface area contributed by atoms with Crippen molar-refractivity contribution in [2.75, 3.05) is 13.1 Å². The molecule has 2 aromatic rings. The minimum absolute atomic E-state index is 0.253. The van der Waals surface area contributed by atoms with Gasteiger partial charge in [-0.15, -0.1) is 0 Å². The van der Waals surface area contributed by atoms with Crippen molar-refractivity contribution in [2.24, 2.45) is 5.41 Å². The van der Waals surface area contributed by atoms with E-state index in [9.17, 15) is 53.8 Å². The van der Waals surface area contributed by atoms with Crippen LogP contribution in [0, 0.1) is 11.2 Å². The van der Waals surface area contributed by atoms with Gasteiger partial charge in [-0.1, -0.05) is 31.2 Å². The van der Waals surface area contributed by atoms with E-state index < -0.39 is 79.3 Å². The van der Waals surface area contributed by atoms with E-state index in [2.05, 4.69) is 0 Å². The molecule has 1 aliphatic heterocycles. The first kappa shape index (κ1) is 33.7. The van der Waals surface area contributed by atoms with Crippen molar-refractivity contribution >= 4 is 21.9 Å². The summed E-state index contributed by atoms with van der Waals surface area (Å²) >= 11 is 0. The third-order valence-electron chi connectivity index (χ3n) is 8.87. The molecule has 0 spiro atoms. The van der Waals surface area contributed by atoms with Crippen molar-refractivity contribution in [1.29, 1.82) is 0 Å². The van der Waals surface area contributed by atoms with Gasteiger partial charge in [0.2, 0.25) is 0 Å². The number of likely N-dealkylation sites (tertiary alicyclic amines) is 1. The van der Waals surface area contributed by atoms with Crippen LogP contribution >= 0.6 is 0 Å². The van der Waals surface area contributed by atoms with Crippen molar-refractivity contribution in [1.82, 2.24) is 4.90 Å². The van der Waals surface area contributed by atoms with E-state index in [0.717, 1.165) is 41.3 Å². The van der Waals surface area contributed by atoms with Crippen LogP contribution in [0.25, 0.3) is 0 Å². The Morgan fingerprint density at radius 3 is 2.07 bits per heavy atom. The number of halogens is 7. The number of amides is 1. The molecule has 0 radical (unpaired) electrons. The van der Waals surface area contributed by atoms with Gasteiger partial charge >= 0.3 is 18.2 Å². The van der Waals surface area contributed by atoms with Crippen LogP contribution in [0.15, 0.2) is 53.4 Å². The molecule has 1 heterocycles. The number of rotatable bonds is 7. The Labute approximate surface area is 248 Å². The number of aliphatic hydroxyl groups is 1. The van der Waals surface area contributed by atoms with Crippen LogP contribution < -0.4 is 0 Å². The predicted octanol–water partition coefficient (Wildman–Crippen LogP) is 6.19. The monoisotopic (exact) mass is 653 g/mol. The zero-order valence-corrected chi connectivity index (χ0v) is 24.2. The standard InChI is InChI=1S/C29H30F7NO6S/c1-2-26(13-11-21(38)12-14-26)24(39)43-25(40)37-16-15-27(17-37,44(41,42)22-9-7-20(30)8-10-22)18-3-5-19(6-4-18)28(33,23(31)32)29(34,35)36/h3-10,21,23,38H,2,11-17H2,1H3. The number of aliphatic hydroxyl groups excluding tert-OH is 1. The Hall–Kier alpha value is -3.20. The molecule has 4 rings (SSSR count). The first-order chi connectivity index (χ1) is 20.4. The predicted molar refractivity (Wildman–Crippen MR) is 141 cm³/mol. The molecule has 1 saturated heterocycles. The Balaban J connectivity index is 1.71. The third kappa shape index (κ3) is 5.68. The van der Waals surface area contributed by atoms with E-state index in [0.29, 0.717) is 31.4 Å². The molecule has 2 unspecified atom stereocenters. The number of hydrogen-bond acceptors (Lipinski definition) is 6. The van der Waals surface area contributed by atoms with Gasteiger partial charge in [-0.3, -0.25) is 4.79 Å². The van der Waals surface area contributed by atoms with Crippen LogP contribution in [0.3, 0.4) is 0 Å². The van der Waals surface area contributed by atoms with E-state index in [-0.39, 0.29) is 31.4 Å². The van der Waals surface area contributed by atoms with Gasteiger partial charge < -0.3 is 14.7 Å². The molecule has 2 fully saturated rings. The van der Waals surface area contributed by atoms with E-state index in [1.54, 1.807) is 6.92 Å². The topological polar surface area (TPSA) is 101 Å².